The van der Waals surface area contributed by atoms with Crippen LogP contribution >= 0.6 is 0 Å². The molecule has 2 aliphatic rings. The van der Waals surface area contributed by atoms with E-state index in [1.807, 2.05) is 0 Å². The lowest BCUT2D eigenvalue weighted by atomic mass is 9.81. The Bertz CT molecular complexity index is 279. The Hall–Kier alpha value is -0.120. The first-order chi connectivity index (χ1) is 8.30. The second kappa shape index (κ2) is 5.10. The molecule has 0 aromatic rings. The molecule has 1 N–H and O–H groups in total. The lowest BCUT2D eigenvalue weighted by molar-refractivity contribution is -0.0890. The largest absolute Gasteiger partial charge is 0.393 e. The molecule has 0 aromatic heterocycles. The first-order valence-electron chi connectivity index (χ1n) is 7.30. The number of ether oxygens (including phenoxy) is 2. The van der Waals surface area contributed by atoms with Crippen LogP contribution in [0, 0.1) is 5.92 Å². The summed E-state index contributed by atoms with van der Waals surface area (Å²) in [7, 11) is 0. The fourth-order valence-electron chi connectivity index (χ4n) is 3.63. The first kappa shape index (κ1) is 14.3. The molecule has 2 fully saturated rings. The predicted molar refractivity (Wildman–Crippen MR) is 71.6 cm³/mol. The third kappa shape index (κ3) is 3.25. The van der Waals surface area contributed by atoms with Crippen LogP contribution in [-0.4, -0.2) is 35.1 Å². The maximum Gasteiger partial charge on any atom is 0.0687 e. The van der Waals surface area contributed by atoms with Crippen LogP contribution < -0.4 is 0 Å². The molecule has 0 radical (unpaired) electrons. The van der Waals surface area contributed by atoms with Crippen LogP contribution in [-0.2, 0) is 9.47 Å². The van der Waals surface area contributed by atoms with Gasteiger partial charge in [-0.1, -0.05) is 0 Å². The van der Waals surface area contributed by atoms with E-state index in [2.05, 4.69) is 27.7 Å². The lowest BCUT2D eigenvalue weighted by Gasteiger charge is -2.30. The average Bonchev–Trinajstić information content (AvgIpc) is 2.80. The molecule has 3 unspecified atom stereocenters. The molecule has 0 aromatic carbocycles. The Labute approximate surface area is 111 Å². The predicted octanol–water partition coefficient (Wildman–Crippen LogP) is 2.90. The summed E-state index contributed by atoms with van der Waals surface area (Å²) in [5.74, 6) is 0.230. The van der Waals surface area contributed by atoms with Gasteiger partial charge in [-0.3, -0.25) is 0 Å². The molecule has 2 heterocycles. The van der Waals surface area contributed by atoms with E-state index in [9.17, 15) is 5.11 Å². The summed E-state index contributed by atoms with van der Waals surface area (Å²) in [5, 5.41) is 10.4. The van der Waals surface area contributed by atoms with E-state index in [4.69, 9.17) is 9.47 Å². The van der Waals surface area contributed by atoms with E-state index in [-0.39, 0.29) is 23.2 Å². The third-order valence-electron chi connectivity index (χ3n) is 4.42. The molecule has 106 valence electrons. The van der Waals surface area contributed by atoms with Crippen molar-refractivity contribution >= 4 is 0 Å². The molecule has 0 amide bonds. The van der Waals surface area contributed by atoms with Gasteiger partial charge in [0, 0.05) is 12.5 Å². The van der Waals surface area contributed by atoms with Crippen molar-refractivity contribution in [2.24, 2.45) is 5.92 Å². The van der Waals surface area contributed by atoms with Crippen LogP contribution in [0.1, 0.15) is 59.8 Å². The van der Waals surface area contributed by atoms with E-state index >= 15 is 0 Å². The van der Waals surface area contributed by atoms with Gasteiger partial charge in [-0.25, -0.2) is 0 Å². The molecular formula is C15H28O3. The summed E-state index contributed by atoms with van der Waals surface area (Å²) >= 11 is 0. The minimum Gasteiger partial charge on any atom is -0.393 e. The summed E-state index contributed by atoms with van der Waals surface area (Å²) in [6.07, 6.45) is 5.18. The molecule has 0 spiro atoms. The highest BCUT2D eigenvalue weighted by molar-refractivity contribution is 4.97. The minimum absolute atomic E-state index is 0.112. The van der Waals surface area contributed by atoms with Gasteiger partial charge in [-0.2, -0.15) is 0 Å². The van der Waals surface area contributed by atoms with Gasteiger partial charge < -0.3 is 14.6 Å². The SMILES string of the molecule is CC1(C)CC(C(O)CCC2CCCO2)C(C)(C)O1. The van der Waals surface area contributed by atoms with E-state index in [1.165, 1.54) is 6.42 Å². The van der Waals surface area contributed by atoms with Gasteiger partial charge in [0.1, 0.15) is 0 Å². The molecule has 2 saturated heterocycles. The van der Waals surface area contributed by atoms with Gasteiger partial charge in [0.05, 0.1) is 23.4 Å². The summed E-state index contributed by atoms with van der Waals surface area (Å²) in [6.45, 7) is 9.32. The monoisotopic (exact) mass is 256 g/mol. The zero-order valence-corrected chi connectivity index (χ0v) is 12.2. The maximum atomic E-state index is 10.4. The smallest absolute Gasteiger partial charge is 0.0687 e. The highest BCUT2D eigenvalue weighted by atomic mass is 16.5. The van der Waals surface area contributed by atoms with E-state index in [0.717, 1.165) is 32.3 Å². The number of aliphatic hydroxyl groups is 1. The highest BCUT2D eigenvalue weighted by Gasteiger charge is 2.48. The normalized spacial score (nSPS) is 35.8. The molecule has 0 bridgehead atoms. The molecule has 3 atom stereocenters. The quantitative estimate of drug-likeness (QED) is 0.840. The van der Waals surface area contributed by atoms with E-state index in [0.29, 0.717) is 6.10 Å². The van der Waals surface area contributed by atoms with Gasteiger partial charge in [-0.05, 0) is 59.8 Å². The second-order valence-corrected chi connectivity index (χ2v) is 7.06. The second-order valence-electron chi connectivity index (χ2n) is 7.06. The van der Waals surface area contributed by atoms with Crippen LogP contribution in [0.5, 0.6) is 0 Å². The van der Waals surface area contributed by atoms with E-state index in [1.54, 1.807) is 0 Å². The summed E-state index contributed by atoms with van der Waals surface area (Å²) in [6, 6.07) is 0. The Morgan fingerprint density at radius 1 is 1.28 bits per heavy atom. The number of rotatable bonds is 4. The van der Waals surface area contributed by atoms with Gasteiger partial charge in [-0.15, -0.1) is 0 Å². The Balaban J connectivity index is 1.86. The fraction of sp³-hybridized carbons (Fsp3) is 1.00. The standard InChI is InChI=1S/C15H28O3/c1-14(2)10-12(15(3,4)18-14)13(16)8-7-11-6-5-9-17-11/h11-13,16H,5-10H2,1-4H3. The van der Waals surface area contributed by atoms with Crippen molar-refractivity contribution in [1.82, 2.24) is 0 Å². The Kier molecular flexibility index (Phi) is 4.05. The van der Waals surface area contributed by atoms with Crippen molar-refractivity contribution in [3.63, 3.8) is 0 Å². The van der Waals surface area contributed by atoms with Crippen LogP contribution in [0.4, 0.5) is 0 Å². The van der Waals surface area contributed by atoms with Crippen molar-refractivity contribution in [1.29, 1.82) is 0 Å². The zero-order chi connectivity index (χ0) is 13.4. The van der Waals surface area contributed by atoms with Crippen molar-refractivity contribution in [2.75, 3.05) is 6.61 Å². The number of aliphatic hydroxyl groups excluding tert-OH is 1. The Morgan fingerprint density at radius 2 is 2.00 bits per heavy atom. The molecule has 0 aliphatic carbocycles. The average molecular weight is 256 g/mol. The maximum absolute atomic E-state index is 10.4. The molecule has 0 saturated carbocycles. The highest BCUT2D eigenvalue weighted by Crippen LogP contribution is 2.44. The Morgan fingerprint density at radius 3 is 2.50 bits per heavy atom. The van der Waals surface area contributed by atoms with Gasteiger partial charge in [0.15, 0.2) is 0 Å². The molecule has 18 heavy (non-hydrogen) atoms. The molecule has 2 aliphatic heterocycles. The number of hydrogen-bond donors (Lipinski definition) is 1. The fourth-order valence-corrected chi connectivity index (χ4v) is 3.63. The van der Waals surface area contributed by atoms with Crippen LogP contribution in [0.2, 0.25) is 0 Å². The molecule has 3 heteroatoms. The summed E-state index contributed by atoms with van der Waals surface area (Å²) in [4.78, 5) is 0. The molecule has 2 rings (SSSR count). The third-order valence-corrected chi connectivity index (χ3v) is 4.42. The molecule has 3 nitrogen and oxygen atoms in total. The van der Waals surface area contributed by atoms with Gasteiger partial charge >= 0.3 is 0 Å². The summed E-state index contributed by atoms with van der Waals surface area (Å²) in [5.41, 5.74) is -0.335. The van der Waals surface area contributed by atoms with Crippen molar-refractivity contribution < 1.29 is 14.6 Å². The summed E-state index contributed by atoms with van der Waals surface area (Å²) < 4.78 is 11.7. The first-order valence-corrected chi connectivity index (χ1v) is 7.30. The zero-order valence-electron chi connectivity index (χ0n) is 12.2. The van der Waals surface area contributed by atoms with Crippen LogP contribution in [0.15, 0.2) is 0 Å². The van der Waals surface area contributed by atoms with Crippen molar-refractivity contribution in [2.45, 2.75) is 83.2 Å². The number of hydrogen-bond acceptors (Lipinski definition) is 3. The van der Waals surface area contributed by atoms with Gasteiger partial charge in [0.2, 0.25) is 0 Å². The van der Waals surface area contributed by atoms with Crippen molar-refractivity contribution in [3.8, 4) is 0 Å². The minimum atomic E-state index is -0.272. The lowest BCUT2D eigenvalue weighted by Crippen LogP contribution is -2.36. The molecular weight excluding hydrogens is 228 g/mol. The van der Waals surface area contributed by atoms with Crippen LogP contribution in [0.25, 0.3) is 0 Å². The van der Waals surface area contributed by atoms with Crippen molar-refractivity contribution in [3.05, 3.63) is 0 Å². The topological polar surface area (TPSA) is 38.7 Å². The van der Waals surface area contributed by atoms with Crippen LogP contribution in [0.3, 0.4) is 0 Å². The van der Waals surface area contributed by atoms with Gasteiger partial charge in [0.25, 0.3) is 0 Å². The van der Waals surface area contributed by atoms with E-state index < -0.39 is 0 Å².